The second-order valence-corrected chi connectivity index (χ2v) is 3.59. The van der Waals surface area contributed by atoms with Crippen molar-refractivity contribution in [3.8, 4) is 0 Å². The molecule has 80 valence electrons. The van der Waals surface area contributed by atoms with Gasteiger partial charge in [-0.2, -0.15) is 0 Å². The van der Waals surface area contributed by atoms with Gasteiger partial charge in [-0.1, -0.05) is 0 Å². The summed E-state index contributed by atoms with van der Waals surface area (Å²) in [5, 5.41) is 3.30. The summed E-state index contributed by atoms with van der Waals surface area (Å²) < 4.78 is 5.81. The standard InChI is InChI=1S/C8H16N2O.2ClH/c1-10-5-8(6-10)11-7-2-3-9-4-7;;/h7-9H,2-6H2,1H3;2*1H. The van der Waals surface area contributed by atoms with Crippen molar-refractivity contribution in [2.24, 2.45) is 0 Å². The molecule has 2 fully saturated rings. The van der Waals surface area contributed by atoms with Crippen LogP contribution in [0.1, 0.15) is 6.42 Å². The number of nitrogens with one attached hydrogen (secondary N) is 1. The van der Waals surface area contributed by atoms with Crippen LogP contribution in [0.25, 0.3) is 0 Å². The number of hydrogen-bond donors (Lipinski definition) is 1. The lowest BCUT2D eigenvalue weighted by Crippen LogP contribution is -2.51. The molecular formula is C8H18Cl2N2O. The molecule has 5 heteroatoms. The molecule has 0 radical (unpaired) electrons. The van der Waals surface area contributed by atoms with Crippen molar-refractivity contribution < 1.29 is 4.74 Å². The van der Waals surface area contributed by atoms with Crippen LogP contribution in [-0.4, -0.2) is 50.3 Å². The quantitative estimate of drug-likeness (QED) is 0.747. The molecule has 0 aromatic carbocycles. The molecule has 2 saturated heterocycles. The van der Waals surface area contributed by atoms with Crippen LogP contribution in [0.3, 0.4) is 0 Å². The number of likely N-dealkylation sites (N-methyl/N-ethyl adjacent to an activating group) is 1. The zero-order valence-corrected chi connectivity index (χ0v) is 9.50. The molecule has 3 nitrogen and oxygen atoms in total. The summed E-state index contributed by atoms with van der Waals surface area (Å²) in [5.74, 6) is 0. The molecule has 13 heavy (non-hydrogen) atoms. The van der Waals surface area contributed by atoms with Crippen LogP contribution in [-0.2, 0) is 4.74 Å². The van der Waals surface area contributed by atoms with Crippen molar-refractivity contribution in [1.29, 1.82) is 0 Å². The zero-order chi connectivity index (χ0) is 7.68. The first-order chi connectivity index (χ1) is 5.34. The van der Waals surface area contributed by atoms with E-state index in [4.69, 9.17) is 4.74 Å². The van der Waals surface area contributed by atoms with Gasteiger partial charge < -0.3 is 15.0 Å². The molecule has 1 atom stereocenters. The van der Waals surface area contributed by atoms with E-state index >= 15 is 0 Å². The molecule has 0 saturated carbocycles. The van der Waals surface area contributed by atoms with E-state index in [-0.39, 0.29) is 24.8 Å². The number of hydrogen-bond acceptors (Lipinski definition) is 3. The third-order valence-electron chi connectivity index (χ3n) is 2.43. The predicted molar refractivity (Wildman–Crippen MR) is 58.1 cm³/mol. The summed E-state index contributed by atoms with van der Waals surface area (Å²) in [4.78, 5) is 2.28. The molecule has 0 aliphatic carbocycles. The fourth-order valence-electron chi connectivity index (χ4n) is 1.74. The van der Waals surface area contributed by atoms with E-state index in [0.717, 1.165) is 26.2 Å². The van der Waals surface area contributed by atoms with Crippen molar-refractivity contribution in [2.45, 2.75) is 18.6 Å². The maximum Gasteiger partial charge on any atom is 0.0832 e. The van der Waals surface area contributed by atoms with Gasteiger partial charge in [0.1, 0.15) is 0 Å². The van der Waals surface area contributed by atoms with Crippen LogP contribution in [0.15, 0.2) is 0 Å². The normalized spacial score (nSPS) is 28.8. The van der Waals surface area contributed by atoms with Crippen LogP contribution < -0.4 is 5.32 Å². The van der Waals surface area contributed by atoms with E-state index in [2.05, 4.69) is 17.3 Å². The van der Waals surface area contributed by atoms with Gasteiger partial charge in [0.2, 0.25) is 0 Å². The highest BCUT2D eigenvalue weighted by molar-refractivity contribution is 5.85. The van der Waals surface area contributed by atoms with Gasteiger partial charge in [0.25, 0.3) is 0 Å². The molecule has 0 aromatic heterocycles. The first kappa shape index (κ1) is 13.5. The zero-order valence-electron chi connectivity index (χ0n) is 7.86. The van der Waals surface area contributed by atoms with Gasteiger partial charge in [-0.25, -0.2) is 0 Å². The van der Waals surface area contributed by atoms with Crippen molar-refractivity contribution in [3.05, 3.63) is 0 Å². The summed E-state index contributed by atoms with van der Waals surface area (Å²) in [6.45, 7) is 4.43. The van der Waals surface area contributed by atoms with Gasteiger partial charge in [0, 0.05) is 19.6 Å². The highest BCUT2D eigenvalue weighted by Crippen LogP contribution is 2.13. The highest BCUT2D eigenvalue weighted by atomic mass is 35.5. The molecular weight excluding hydrogens is 211 g/mol. The van der Waals surface area contributed by atoms with Crippen LogP contribution in [0.2, 0.25) is 0 Å². The van der Waals surface area contributed by atoms with E-state index in [0.29, 0.717) is 12.2 Å². The molecule has 1 unspecified atom stereocenters. The second kappa shape index (κ2) is 6.04. The van der Waals surface area contributed by atoms with Gasteiger partial charge in [-0.3, -0.25) is 0 Å². The number of nitrogens with zero attached hydrogens (tertiary/aromatic N) is 1. The molecule has 0 spiro atoms. The summed E-state index contributed by atoms with van der Waals surface area (Å²) in [7, 11) is 2.13. The van der Waals surface area contributed by atoms with Crippen LogP contribution in [0.4, 0.5) is 0 Å². The summed E-state index contributed by atoms with van der Waals surface area (Å²) >= 11 is 0. The molecule has 2 aliphatic rings. The van der Waals surface area contributed by atoms with E-state index in [1.807, 2.05) is 0 Å². The lowest BCUT2D eigenvalue weighted by atomic mass is 10.2. The Morgan fingerprint density at radius 3 is 2.38 bits per heavy atom. The first-order valence-corrected chi connectivity index (χ1v) is 4.39. The Kier molecular flexibility index (Phi) is 6.25. The number of ether oxygens (including phenoxy) is 1. The van der Waals surface area contributed by atoms with Crippen molar-refractivity contribution in [2.75, 3.05) is 33.2 Å². The van der Waals surface area contributed by atoms with E-state index in [1.54, 1.807) is 0 Å². The van der Waals surface area contributed by atoms with Gasteiger partial charge in [-0.05, 0) is 20.0 Å². The number of likely N-dealkylation sites (tertiary alicyclic amines) is 1. The molecule has 2 aliphatic heterocycles. The minimum Gasteiger partial charge on any atom is -0.371 e. The summed E-state index contributed by atoms with van der Waals surface area (Å²) in [5.41, 5.74) is 0. The third kappa shape index (κ3) is 3.60. The highest BCUT2D eigenvalue weighted by Gasteiger charge is 2.27. The Morgan fingerprint density at radius 2 is 1.92 bits per heavy atom. The van der Waals surface area contributed by atoms with Crippen LogP contribution in [0.5, 0.6) is 0 Å². The minimum absolute atomic E-state index is 0. The monoisotopic (exact) mass is 228 g/mol. The number of halogens is 2. The minimum atomic E-state index is 0. The first-order valence-electron chi connectivity index (χ1n) is 4.39. The molecule has 0 aromatic rings. The average Bonchev–Trinajstić information content (AvgIpc) is 2.36. The Balaban J connectivity index is 0.000000720. The van der Waals surface area contributed by atoms with Crippen LogP contribution >= 0.6 is 24.8 Å². The Labute approximate surface area is 92.0 Å². The van der Waals surface area contributed by atoms with E-state index in [9.17, 15) is 0 Å². The Morgan fingerprint density at radius 1 is 1.23 bits per heavy atom. The largest absolute Gasteiger partial charge is 0.371 e. The maximum absolute atomic E-state index is 5.81. The molecule has 2 rings (SSSR count). The average molecular weight is 229 g/mol. The fraction of sp³-hybridized carbons (Fsp3) is 1.00. The van der Waals surface area contributed by atoms with E-state index in [1.165, 1.54) is 6.42 Å². The SMILES string of the molecule is CN1CC(OC2CCNC2)C1.Cl.Cl. The summed E-state index contributed by atoms with van der Waals surface area (Å²) in [6, 6.07) is 0. The van der Waals surface area contributed by atoms with Crippen molar-refractivity contribution in [1.82, 2.24) is 10.2 Å². The maximum atomic E-state index is 5.81. The second-order valence-electron chi connectivity index (χ2n) is 3.59. The van der Waals surface area contributed by atoms with Gasteiger partial charge in [0.05, 0.1) is 12.2 Å². The lowest BCUT2D eigenvalue weighted by molar-refractivity contribution is -0.0766. The van der Waals surface area contributed by atoms with Crippen LogP contribution in [0, 0.1) is 0 Å². The molecule has 0 bridgehead atoms. The van der Waals surface area contributed by atoms with Crippen molar-refractivity contribution in [3.63, 3.8) is 0 Å². The van der Waals surface area contributed by atoms with Crippen molar-refractivity contribution >= 4 is 24.8 Å². The molecule has 1 N–H and O–H groups in total. The Hall–Kier alpha value is 0.460. The topological polar surface area (TPSA) is 24.5 Å². The van der Waals surface area contributed by atoms with Gasteiger partial charge in [-0.15, -0.1) is 24.8 Å². The summed E-state index contributed by atoms with van der Waals surface area (Å²) in [6.07, 6.45) is 2.21. The molecule has 0 amide bonds. The lowest BCUT2D eigenvalue weighted by Gasteiger charge is -2.37. The predicted octanol–water partition coefficient (Wildman–Crippen LogP) is 0.522. The molecule has 2 heterocycles. The fourth-order valence-corrected chi connectivity index (χ4v) is 1.74. The van der Waals surface area contributed by atoms with Gasteiger partial charge >= 0.3 is 0 Å². The smallest absolute Gasteiger partial charge is 0.0832 e. The van der Waals surface area contributed by atoms with Gasteiger partial charge in [0.15, 0.2) is 0 Å². The third-order valence-corrected chi connectivity index (χ3v) is 2.43. The Bertz CT molecular complexity index is 136. The number of rotatable bonds is 2. The van der Waals surface area contributed by atoms with E-state index < -0.39 is 0 Å².